The Balaban J connectivity index is 2.27. The van der Waals surface area contributed by atoms with E-state index in [2.05, 4.69) is 30.5 Å². The van der Waals surface area contributed by atoms with Gasteiger partial charge in [0.1, 0.15) is 4.88 Å². The highest BCUT2D eigenvalue weighted by molar-refractivity contribution is 7.93. The molecule has 0 unspecified atom stereocenters. The SMILES string of the molecule is Cc1nc(NS(=O)(=O)c2ccc(C(C)(C)C)cc2)sc1C(=O)N(C)C. The highest BCUT2D eigenvalue weighted by atomic mass is 32.2. The molecule has 0 atom stereocenters. The van der Waals surface area contributed by atoms with Crippen molar-refractivity contribution < 1.29 is 13.2 Å². The predicted molar refractivity (Wildman–Crippen MR) is 101 cm³/mol. The van der Waals surface area contributed by atoms with Crippen LogP contribution in [-0.4, -0.2) is 38.3 Å². The smallest absolute Gasteiger partial charge is 0.265 e. The van der Waals surface area contributed by atoms with Crippen LogP contribution in [0.2, 0.25) is 0 Å². The van der Waals surface area contributed by atoms with Crippen LogP contribution in [0, 0.1) is 6.92 Å². The summed E-state index contributed by atoms with van der Waals surface area (Å²) in [5, 5.41) is 0.183. The first kappa shape index (κ1) is 19.4. The number of anilines is 1. The van der Waals surface area contributed by atoms with Crippen molar-refractivity contribution in [3.63, 3.8) is 0 Å². The first-order chi connectivity index (χ1) is 11.4. The number of nitrogens with one attached hydrogen (secondary N) is 1. The van der Waals surface area contributed by atoms with E-state index in [0.717, 1.165) is 16.9 Å². The van der Waals surface area contributed by atoms with E-state index in [-0.39, 0.29) is 21.3 Å². The molecule has 0 aliphatic heterocycles. The fourth-order valence-corrected chi connectivity index (χ4v) is 4.37. The topological polar surface area (TPSA) is 79.4 Å². The number of benzene rings is 1. The van der Waals surface area contributed by atoms with Gasteiger partial charge in [-0.3, -0.25) is 9.52 Å². The summed E-state index contributed by atoms with van der Waals surface area (Å²) in [5.74, 6) is -0.199. The standard InChI is InChI=1S/C17H23N3O3S2/c1-11-14(15(21)20(5)6)24-16(18-11)19-25(22,23)13-9-7-12(8-10-13)17(2,3)4/h7-10H,1-6H3,(H,18,19). The highest BCUT2D eigenvalue weighted by Gasteiger charge is 2.22. The lowest BCUT2D eigenvalue weighted by molar-refractivity contribution is 0.0831. The summed E-state index contributed by atoms with van der Waals surface area (Å²) in [6.07, 6.45) is 0. The summed E-state index contributed by atoms with van der Waals surface area (Å²) in [6.45, 7) is 7.88. The van der Waals surface area contributed by atoms with Crippen LogP contribution in [0.4, 0.5) is 5.13 Å². The third-order valence-electron chi connectivity index (χ3n) is 3.65. The third-order valence-corrected chi connectivity index (χ3v) is 6.19. The Kier molecular flexibility index (Phi) is 5.24. The number of aromatic nitrogens is 1. The van der Waals surface area contributed by atoms with Crippen LogP contribution in [0.15, 0.2) is 29.2 Å². The summed E-state index contributed by atoms with van der Waals surface area (Å²) < 4.78 is 27.6. The average Bonchev–Trinajstić information content (AvgIpc) is 2.85. The van der Waals surface area contributed by atoms with Gasteiger partial charge in [-0.1, -0.05) is 44.2 Å². The van der Waals surface area contributed by atoms with E-state index >= 15 is 0 Å². The van der Waals surface area contributed by atoms with Crippen molar-refractivity contribution in [1.82, 2.24) is 9.88 Å². The predicted octanol–water partition coefficient (Wildman–Crippen LogP) is 3.25. The van der Waals surface area contributed by atoms with Crippen LogP contribution in [0.5, 0.6) is 0 Å². The molecule has 6 nitrogen and oxygen atoms in total. The van der Waals surface area contributed by atoms with E-state index < -0.39 is 10.0 Å². The Bertz CT molecular complexity index is 877. The lowest BCUT2D eigenvalue weighted by Crippen LogP contribution is -2.21. The molecule has 1 aromatic heterocycles. The Morgan fingerprint density at radius 1 is 1.16 bits per heavy atom. The maximum atomic E-state index is 12.5. The molecule has 8 heteroatoms. The Morgan fingerprint density at radius 2 is 1.72 bits per heavy atom. The van der Waals surface area contributed by atoms with Gasteiger partial charge in [0.25, 0.3) is 15.9 Å². The second-order valence-electron chi connectivity index (χ2n) is 7.01. The lowest BCUT2D eigenvalue weighted by atomic mass is 9.87. The number of aryl methyl sites for hydroxylation is 1. The van der Waals surface area contributed by atoms with Crippen molar-refractivity contribution in [1.29, 1.82) is 0 Å². The van der Waals surface area contributed by atoms with Crippen molar-refractivity contribution in [3.8, 4) is 0 Å². The summed E-state index contributed by atoms with van der Waals surface area (Å²) in [6, 6.07) is 6.77. The van der Waals surface area contributed by atoms with Crippen LogP contribution in [-0.2, 0) is 15.4 Å². The molecule has 1 N–H and O–H groups in total. The van der Waals surface area contributed by atoms with Gasteiger partial charge >= 0.3 is 0 Å². The summed E-state index contributed by atoms with van der Waals surface area (Å²) >= 11 is 1.03. The molecule has 0 radical (unpaired) electrons. The second-order valence-corrected chi connectivity index (χ2v) is 9.69. The van der Waals surface area contributed by atoms with Crippen molar-refractivity contribution in [2.24, 2.45) is 0 Å². The first-order valence-corrected chi connectivity index (χ1v) is 10.0. The van der Waals surface area contributed by atoms with Crippen LogP contribution >= 0.6 is 11.3 Å². The number of hydrogen-bond acceptors (Lipinski definition) is 5. The van der Waals surface area contributed by atoms with Gasteiger partial charge in [-0.15, -0.1) is 0 Å². The number of thiazole rings is 1. The number of hydrogen-bond donors (Lipinski definition) is 1. The molecule has 0 saturated carbocycles. The van der Waals surface area contributed by atoms with E-state index in [9.17, 15) is 13.2 Å². The zero-order valence-electron chi connectivity index (χ0n) is 15.2. The molecule has 1 amide bonds. The van der Waals surface area contributed by atoms with E-state index in [0.29, 0.717) is 10.6 Å². The normalized spacial score (nSPS) is 12.1. The van der Waals surface area contributed by atoms with Crippen LogP contribution in [0.3, 0.4) is 0 Å². The van der Waals surface area contributed by atoms with Crippen LogP contribution in [0.1, 0.15) is 41.7 Å². The Labute approximate surface area is 153 Å². The fourth-order valence-electron chi connectivity index (χ4n) is 2.15. The van der Waals surface area contributed by atoms with E-state index in [1.165, 1.54) is 4.90 Å². The number of carbonyl (C=O) groups excluding carboxylic acids is 1. The molecule has 0 spiro atoms. The monoisotopic (exact) mass is 381 g/mol. The Hall–Kier alpha value is -1.93. The fraction of sp³-hybridized carbons (Fsp3) is 0.412. The largest absolute Gasteiger partial charge is 0.344 e. The van der Waals surface area contributed by atoms with Crippen LogP contribution in [0.25, 0.3) is 0 Å². The quantitative estimate of drug-likeness (QED) is 0.882. The van der Waals surface area contributed by atoms with Crippen molar-refractivity contribution in [3.05, 3.63) is 40.4 Å². The molecule has 136 valence electrons. The van der Waals surface area contributed by atoms with Crippen molar-refractivity contribution in [2.45, 2.75) is 38.0 Å². The molecule has 2 rings (SSSR count). The third kappa shape index (κ3) is 4.38. The van der Waals surface area contributed by atoms with Gasteiger partial charge < -0.3 is 4.90 Å². The van der Waals surface area contributed by atoms with Gasteiger partial charge in [-0.05, 0) is 30.0 Å². The van der Waals surface area contributed by atoms with Gasteiger partial charge in [0, 0.05) is 14.1 Å². The molecule has 0 aliphatic rings. The minimum Gasteiger partial charge on any atom is -0.344 e. The van der Waals surface area contributed by atoms with E-state index in [1.54, 1.807) is 33.2 Å². The minimum atomic E-state index is -3.75. The number of sulfonamides is 1. The molecule has 1 aromatic carbocycles. The number of carbonyl (C=O) groups is 1. The molecule has 1 heterocycles. The number of nitrogens with zero attached hydrogens (tertiary/aromatic N) is 2. The molecular weight excluding hydrogens is 358 g/mol. The molecule has 25 heavy (non-hydrogen) atoms. The number of rotatable bonds is 4. The van der Waals surface area contributed by atoms with E-state index in [1.807, 2.05) is 12.1 Å². The molecule has 0 aliphatic carbocycles. The maximum absolute atomic E-state index is 12.5. The zero-order chi connectivity index (χ0) is 19.0. The van der Waals surface area contributed by atoms with Crippen molar-refractivity contribution >= 4 is 32.4 Å². The first-order valence-electron chi connectivity index (χ1n) is 7.74. The highest BCUT2D eigenvalue weighted by Crippen LogP contribution is 2.27. The zero-order valence-corrected chi connectivity index (χ0v) is 16.9. The molecule has 0 fully saturated rings. The molecule has 0 saturated heterocycles. The van der Waals surface area contributed by atoms with Crippen molar-refractivity contribution in [2.75, 3.05) is 18.8 Å². The van der Waals surface area contributed by atoms with Gasteiger partial charge in [0.2, 0.25) is 0 Å². The van der Waals surface area contributed by atoms with Gasteiger partial charge in [0.05, 0.1) is 10.6 Å². The van der Waals surface area contributed by atoms with Gasteiger partial charge in [-0.25, -0.2) is 13.4 Å². The average molecular weight is 382 g/mol. The summed E-state index contributed by atoms with van der Waals surface area (Å²) in [5.41, 5.74) is 1.50. The Morgan fingerprint density at radius 3 is 2.20 bits per heavy atom. The molecule has 0 bridgehead atoms. The van der Waals surface area contributed by atoms with Gasteiger partial charge in [-0.2, -0.15) is 0 Å². The van der Waals surface area contributed by atoms with Gasteiger partial charge in [0.15, 0.2) is 5.13 Å². The molecule has 2 aromatic rings. The van der Waals surface area contributed by atoms with E-state index in [4.69, 9.17) is 0 Å². The summed E-state index contributed by atoms with van der Waals surface area (Å²) in [7, 11) is -0.470. The molecular formula is C17H23N3O3S2. The summed E-state index contributed by atoms with van der Waals surface area (Å²) in [4.78, 5) is 18.2. The van der Waals surface area contributed by atoms with Crippen LogP contribution < -0.4 is 4.72 Å². The lowest BCUT2D eigenvalue weighted by Gasteiger charge is -2.19. The minimum absolute atomic E-state index is 0.0520. The number of amides is 1. The maximum Gasteiger partial charge on any atom is 0.265 e. The second kappa shape index (κ2) is 6.76.